The van der Waals surface area contributed by atoms with E-state index in [2.05, 4.69) is 39.1 Å². The zero-order chi connectivity index (χ0) is 17.1. The van der Waals surface area contributed by atoms with Crippen molar-refractivity contribution in [2.75, 3.05) is 13.1 Å². The summed E-state index contributed by atoms with van der Waals surface area (Å²) in [5, 5.41) is 0.650. The molecule has 4 heteroatoms. The predicted octanol–water partition coefficient (Wildman–Crippen LogP) is 3.30. The van der Waals surface area contributed by atoms with E-state index in [1.807, 2.05) is 24.3 Å². The number of nitrogens with zero attached hydrogens (tertiary/aromatic N) is 2. The Morgan fingerprint density at radius 3 is 2.44 bits per heavy atom. The van der Waals surface area contributed by atoms with Crippen LogP contribution in [-0.4, -0.2) is 28.0 Å². The highest BCUT2D eigenvalue weighted by atomic mass is 16.1. The number of benzene rings is 2. The van der Waals surface area contributed by atoms with E-state index in [0.717, 1.165) is 30.7 Å². The highest BCUT2D eigenvalue weighted by Crippen LogP contribution is 2.14. The number of nitrogens with one attached hydrogen (secondary N) is 1. The molecule has 1 saturated heterocycles. The fraction of sp³-hybridized carbons (Fsp3) is 0.333. The molecule has 0 amide bonds. The molecule has 0 radical (unpaired) electrons. The fourth-order valence-corrected chi connectivity index (χ4v) is 3.53. The lowest BCUT2D eigenvalue weighted by molar-refractivity contribution is 0.331. The van der Waals surface area contributed by atoms with Crippen LogP contribution in [0.2, 0.25) is 0 Å². The van der Waals surface area contributed by atoms with Crippen LogP contribution in [0.25, 0.3) is 10.9 Å². The summed E-state index contributed by atoms with van der Waals surface area (Å²) in [5.41, 5.74) is 3.37. The number of hydrogen-bond donors (Lipinski definition) is 1. The molecule has 0 spiro atoms. The number of fused-ring (bicyclic) bond motifs is 1. The first kappa shape index (κ1) is 16.0. The van der Waals surface area contributed by atoms with E-state index in [-0.39, 0.29) is 5.56 Å². The first-order valence-electron chi connectivity index (χ1n) is 9.06. The average Bonchev–Trinajstić information content (AvgIpc) is 3.14. The van der Waals surface area contributed by atoms with Crippen molar-refractivity contribution in [1.82, 2.24) is 14.9 Å². The first-order valence-corrected chi connectivity index (χ1v) is 9.06. The van der Waals surface area contributed by atoms with Crippen LogP contribution >= 0.6 is 0 Å². The minimum absolute atomic E-state index is 0.0541. The quantitative estimate of drug-likeness (QED) is 0.779. The summed E-state index contributed by atoms with van der Waals surface area (Å²) in [7, 11) is 0. The molecule has 2 heterocycles. The molecule has 1 N–H and O–H groups in total. The topological polar surface area (TPSA) is 49.0 Å². The maximum Gasteiger partial charge on any atom is 0.258 e. The van der Waals surface area contributed by atoms with Gasteiger partial charge in [-0.2, -0.15) is 0 Å². The molecule has 0 aliphatic carbocycles. The van der Waals surface area contributed by atoms with Gasteiger partial charge in [-0.3, -0.25) is 9.69 Å². The lowest BCUT2D eigenvalue weighted by atomic mass is 10.1. The van der Waals surface area contributed by atoms with Crippen molar-refractivity contribution in [3.05, 3.63) is 75.8 Å². The molecular weight excluding hydrogens is 310 g/mol. The second-order valence-electron chi connectivity index (χ2n) is 6.83. The van der Waals surface area contributed by atoms with Gasteiger partial charge in [-0.1, -0.05) is 36.4 Å². The largest absolute Gasteiger partial charge is 0.310 e. The minimum Gasteiger partial charge on any atom is -0.310 e. The van der Waals surface area contributed by atoms with Crippen LogP contribution in [0.4, 0.5) is 0 Å². The van der Waals surface area contributed by atoms with Gasteiger partial charge in [0.05, 0.1) is 10.9 Å². The molecule has 25 heavy (non-hydrogen) atoms. The van der Waals surface area contributed by atoms with Crippen LogP contribution in [0.5, 0.6) is 0 Å². The van der Waals surface area contributed by atoms with Gasteiger partial charge in [0.2, 0.25) is 0 Å². The van der Waals surface area contributed by atoms with Crippen molar-refractivity contribution in [3.8, 4) is 0 Å². The summed E-state index contributed by atoms with van der Waals surface area (Å²) in [6.45, 7) is 3.51. The van der Waals surface area contributed by atoms with E-state index in [1.54, 1.807) is 0 Å². The van der Waals surface area contributed by atoms with Crippen LogP contribution < -0.4 is 5.56 Å². The summed E-state index contributed by atoms with van der Waals surface area (Å²) in [6.07, 6.45) is 4.28. The van der Waals surface area contributed by atoms with Gasteiger partial charge in [-0.15, -0.1) is 0 Å². The summed E-state index contributed by atoms with van der Waals surface area (Å²) in [4.78, 5) is 22.1. The molecule has 3 aromatic rings. The Bertz CT molecular complexity index is 908. The van der Waals surface area contributed by atoms with Gasteiger partial charge in [0, 0.05) is 13.0 Å². The second-order valence-corrected chi connectivity index (χ2v) is 6.83. The van der Waals surface area contributed by atoms with Crippen molar-refractivity contribution < 1.29 is 0 Å². The maximum absolute atomic E-state index is 12.1. The van der Waals surface area contributed by atoms with Gasteiger partial charge in [0.25, 0.3) is 5.56 Å². The van der Waals surface area contributed by atoms with E-state index in [4.69, 9.17) is 0 Å². The van der Waals surface area contributed by atoms with Crippen LogP contribution in [0.15, 0.2) is 53.3 Å². The highest BCUT2D eigenvalue weighted by Gasteiger charge is 2.11. The summed E-state index contributed by atoms with van der Waals surface area (Å²) in [6, 6.07) is 16.3. The Labute approximate surface area is 147 Å². The zero-order valence-electron chi connectivity index (χ0n) is 14.4. The fourth-order valence-electron chi connectivity index (χ4n) is 3.53. The van der Waals surface area contributed by atoms with E-state index >= 15 is 0 Å². The zero-order valence-corrected chi connectivity index (χ0v) is 14.4. The average molecular weight is 333 g/mol. The Morgan fingerprint density at radius 2 is 1.64 bits per heavy atom. The highest BCUT2D eigenvalue weighted by molar-refractivity contribution is 5.77. The number of aromatic amines is 1. The molecule has 128 valence electrons. The first-order chi connectivity index (χ1) is 12.3. The number of likely N-dealkylation sites (tertiary alicyclic amines) is 1. The molecule has 1 fully saturated rings. The van der Waals surface area contributed by atoms with E-state index < -0.39 is 0 Å². The van der Waals surface area contributed by atoms with Gasteiger partial charge in [0.1, 0.15) is 5.82 Å². The lowest BCUT2D eigenvalue weighted by Gasteiger charge is -2.14. The van der Waals surface area contributed by atoms with Crippen LogP contribution in [0.3, 0.4) is 0 Å². The van der Waals surface area contributed by atoms with Gasteiger partial charge >= 0.3 is 0 Å². The third-order valence-electron chi connectivity index (χ3n) is 4.94. The molecule has 4 nitrogen and oxygen atoms in total. The Morgan fingerprint density at radius 1 is 0.920 bits per heavy atom. The van der Waals surface area contributed by atoms with Gasteiger partial charge in [0.15, 0.2) is 0 Å². The van der Waals surface area contributed by atoms with Gasteiger partial charge in [-0.05, 0) is 55.6 Å². The number of para-hydroxylation sites is 1. The van der Waals surface area contributed by atoms with E-state index in [9.17, 15) is 4.79 Å². The molecule has 0 saturated carbocycles. The number of aryl methyl sites for hydroxylation is 2. The number of aromatic nitrogens is 2. The molecule has 0 unspecified atom stereocenters. The van der Waals surface area contributed by atoms with Gasteiger partial charge in [-0.25, -0.2) is 4.98 Å². The second kappa shape index (κ2) is 7.19. The standard InChI is InChI=1S/C21H23N3O/c25-21-18-5-1-2-6-19(18)22-20(23-21)12-11-16-7-9-17(10-8-16)15-24-13-3-4-14-24/h1-2,5-10H,3-4,11-15H2,(H,22,23,25). The molecule has 1 aliphatic rings. The summed E-state index contributed by atoms with van der Waals surface area (Å²) in [5.74, 6) is 0.754. The van der Waals surface area contributed by atoms with Crippen molar-refractivity contribution >= 4 is 10.9 Å². The molecule has 1 aliphatic heterocycles. The normalized spacial score (nSPS) is 15.0. The Balaban J connectivity index is 1.41. The number of H-pyrrole nitrogens is 1. The molecule has 0 bridgehead atoms. The lowest BCUT2D eigenvalue weighted by Crippen LogP contribution is -2.18. The van der Waals surface area contributed by atoms with E-state index in [0.29, 0.717) is 5.39 Å². The molecule has 0 atom stereocenters. The summed E-state index contributed by atoms with van der Waals surface area (Å²) >= 11 is 0. The monoisotopic (exact) mass is 333 g/mol. The van der Waals surface area contributed by atoms with Crippen LogP contribution in [0, 0.1) is 0 Å². The summed E-state index contributed by atoms with van der Waals surface area (Å²) < 4.78 is 0. The van der Waals surface area contributed by atoms with Crippen molar-refractivity contribution in [3.63, 3.8) is 0 Å². The SMILES string of the molecule is O=c1[nH]c(CCc2ccc(CN3CCCC3)cc2)nc2ccccc12. The molecular formula is C21H23N3O. The minimum atomic E-state index is -0.0541. The Hall–Kier alpha value is -2.46. The van der Waals surface area contributed by atoms with Crippen molar-refractivity contribution in [1.29, 1.82) is 0 Å². The van der Waals surface area contributed by atoms with Crippen molar-refractivity contribution in [2.45, 2.75) is 32.2 Å². The smallest absolute Gasteiger partial charge is 0.258 e. The molecule has 2 aromatic carbocycles. The number of rotatable bonds is 5. The molecule has 4 rings (SSSR count). The van der Waals surface area contributed by atoms with E-state index in [1.165, 1.54) is 37.1 Å². The number of hydrogen-bond acceptors (Lipinski definition) is 3. The third kappa shape index (κ3) is 3.80. The third-order valence-corrected chi connectivity index (χ3v) is 4.94. The van der Waals surface area contributed by atoms with Crippen LogP contribution in [0.1, 0.15) is 29.8 Å². The van der Waals surface area contributed by atoms with Crippen molar-refractivity contribution in [2.24, 2.45) is 0 Å². The maximum atomic E-state index is 12.1. The van der Waals surface area contributed by atoms with Crippen LogP contribution in [-0.2, 0) is 19.4 Å². The van der Waals surface area contributed by atoms with Gasteiger partial charge < -0.3 is 4.98 Å². The predicted molar refractivity (Wildman–Crippen MR) is 101 cm³/mol. The molecule has 1 aromatic heterocycles. The Kier molecular flexibility index (Phi) is 4.61.